The highest BCUT2D eigenvalue weighted by Crippen LogP contribution is 2.35. The Bertz CT molecular complexity index is 327. The van der Waals surface area contributed by atoms with Crippen molar-refractivity contribution in [2.24, 2.45) is 0 Å². The highest BCUT2D eigenvalue weighted by Gasteiger charge is 2.18. The first-order valence-electron chi connectivity index (χ1n) is 6.41. The molecule has 1 aromatic rings. The predicted octanol–water partition coefficient (Wildman–Crippen LogP) is 3.52. The van der Waals surface area contributed by atoms with Crippen LogP contribution in [0.4, 0.5) is 5.69 Å². The van der Waals surface area contributed by atoms with Gasteiger partial charge in [0.25, 0.3) is 0 Å². The molecule has 0 aliphatic carbocycles. The van der Waals surface area contributed by atoms with E-state index >= 15 is 0 Å². The fourth-order valence-electron chi connectivity index (χ4n) is 1.94. The summed E-state index contributed by atoms with van der Waals surface area (Å²) in [4.78, 5) is 2.39. The zero-order chi connectivity index (χ0) is 12.1. The molecule has 2 aliphatic heterocycles. The highest BCUT2D eigenvalue weighted by atomic mass is 32.2. The van der Waals surface area contributed by atoms with Gasteiger partial charge in [-0.05, 0) is 64.0 Å². The van der Waals surface area contributed by atoms with Crippen LogP contribution in [-0.2, 0) is 0 Å². The second-order valence-electron chi connectivity index (χ2n) is 4.84. The summed E-state index contributed by atoms with van der Waals surface area (Å²) in [5, 5.41) is 0. The maximum absolute atomic E-state index is 2.39. The molecule has 17 heavy (non-hydrogen) atoms. The largest absolute Gasteiger partial charge is 0.306 e. The quantitative estimate of drug-likeness (QED) is 0.556. The Hall–Kier alpha value is -0.670. The van der Waals surface area contributed by atoms with Crippen LogP contribution in [0, 0.1) is 6.92 Å². The van der Waals surface area contributed by atoms with Crippen molar-refractivity contribution in [3.05, 3.63) is 29.8 Å². The zero-order valence-corrected chi connectivity index (χ0v) is 11.7. The molecule has 0 spiro atoms. The smallest absolute Gasteiger partial charge is 0.0950 e. The van der Waals surface area contributed by atoms with E-state index in [-0.39, 0.29) is 0 Å². The number of anilines is 1. The molecule has 2 heterocycles. The van der Waals surface area contributed by atoms with E-state index in [0.717, 1.165) is 5.88 Å². The van der Waals surface area contributed by atoms with Gasteiger partial charge in [-0.3, -0.25) is 0 Å². The third kappa shape index (κ3) is 4.60. The molecule has 2 saturated heterocycles. The van der Waals surface area contributed by atoms with Gasteiger partial charge in [0, 0.05) is 5.69 Å². The van der Waals surface area contributed by atoms with Crippen molar-refractivity contribution in [2.45, 2.75) is 26.2 Å². The van der Waals surface area contributed by atoms with Crippen LogP contribution in [0.3, 0.4) is 0 Å². The summed E-state index contributed by atoms with van der Waals surface area (Å²) in [7, 11) is 2.19. The number of hydrogen-bond donors (Lipinski definition) is 0. The number of aryl methyl sites for hydroxylation is 1. The standard InChI is InChI=1S/C8H9NS.C6H13N/c1-7-2-4-8(5-3-7)9-6-10-9;1-7-5-3-2-4-6-7/h2-5H,6H2,1H3;2-6H2,1H3. The monoisotopic (exact) mass is 250 g/mol. The zero-order valence-electron chi connectivity index (χ0n) is 10.9. The van der Waals surface area contributed by atoms with E-state index in [1.807, 2.05) is 11.9 Å². The van der Waals surface area contributed by atoms with Crippen LogP contribution in [0.2, 0.25) is 0 Å². The van der Waals surface area contributed by atoms with E-state index in [2.05, 4.69) is 47.4 Å². The van der Waals surface area contributed by atoms with Crippen LogP contribution < -0.4 is 4.31 Å². The fourth-order valence-corrected chi connectivity index (χ4v) is 2.42. The van der Waals surface area contributed by atoms with Crippen LogP contribution in [0.1, 0.15) is 24.8 Å². The number of rotatable bonds is 1. The van der Waals surface area contributed by atoms with Gasteiger partial charge in [0.1, 0.15) is 0 Å². The summed E-state index contributed by atoms with van der Waals surface area (Å²) >= 11 is 1.86. The van der Waals surface area contributed by atoms with Crippen LogP contribution in [0.25, 0.3) is 0 Å². The number of hydrogen-bond acceptors (Lipinski definition) is 3. The Morgan fingerprint density at radius 1 is 1.00 bits per heavy atom. The van der Waals surface area contributed by atoms with Gasteiger partial charge in [0.15, 0.2) is 0 Å². The van der Waals surface area contributed by atoms with Gasteiger partial charge in [-0.1, -0.05) is 24.1 Å². The van der Waals surface area contributed by atoms with E-state index < -0.39 is 0 Å². The molecule has 0 atom stereocenters. The van der Waals surface area contributed by atoms with E-state index in [4.69, 9.17) is 0 Å². The van der Waals surface area contributed by atoms with Crippen molar-refractivity contribution in [3.63, 3.8) is 0 Å². The molecule has 2 fully saturated rings. The lowest BCUT2D eigenvalue weighted by Crippen LogP contribution is -2.24. The second-order valence-corrected chi connectivity index (χ2v) is 5.79. The minimum atomic E-state index is 1.16. The first kappa shape index (κ1) is 12.8. The third-order valence-electron chi connectivity index (χ3n) is 3.16. The molecular formula is C14H22N2S. The van der Waals surface area contributed by atoms with Gasteiger partial charge in [-0.2, -0.15) is 0 Å². The first-order chi connectivity index (χ1) is 8.25. The minimum Gasteiger partial charge on any atom is -0.306 e. The van der Waals surface area contributed by atoms with Crippen molar-refractivity contribution in [3.8, 4) is 0 Å². The molecule has 0 saturated carbocycles. The molecule has 0 aromatic heterocycles. The van der Waals surface area contributed by atoms with E-state index in [0.29, 0.717) is 0 Å². The number of nitrogens with zero attached hydrogens (tertiary/aromatic N) is 2. The van der Waals surface area contributed by atoms with Crippen molar-refractivity contribution in [1.29, 1.82) is 0 Å². The normalized spacial score (nSPS) is 19.5. The molecule has 94 valence electrons. The maximum Gasteiger partial charge on any atom is 0.0950 e. The third-order valence-corrected chi connectivity index (χ3v) is 3.89. The van der Waals surface area contributed by atoms with Gasteiger partial charge >= 0.3 is 0 Å². The summed E-state index contributed by atoms with van der Waals surface area (Å²) in [6.07, 6.45) is 4.28. The Kier molecular flexibility index (Phi) is 4.75. The van der Waals surface area contributed by atoms with Crippen LogP contribution >= 0.6 is 11.9 Å². The maximum atomic E-state index is 2.39. The number of benzene rings is 1. The fraction of sp³-hybridized carbons (Fsp3) is 0.571. The minimum absolute atomic E-state index is 1.16. The molecule has 2 nitrogen and oxygen atoms in total. The summed E-state index contributed by atoms with van der Waals surface area (Å²) in [6.45, 7) is 4.75. The van der Waals surface area contributed by atoms with Gasteiger partial charge in [0.05, 0.1) is 5.88 Å². The SMILES string of the molecule is CN1CCCCC1.Cc1ccc(N2CS2)cc1. The molecule has 0 unspecified atom stereocenters. The van der Waals surface area contributed by atoms with Crippen LogP contribution in [-0.4, -0.2) is 30.9 Å². The molecule has 3 heteroatoms. The van der Waals surface area contributed by atoms with Gasteiger partial charge in [-0.25, -0.2) is 0 Å². The highest BCUT2D eigenvalue weighted by molar-refractivity contribution is 8.07. The topological polar surface area (TPSA) is 6.25 Å². The summed E-state index contributed by atoms with van der Waals surface area (Å²) in [5.74, 6) is 1.16. The lowest BCUT2D eigenvalue weighted by Gasteiger charge is -2.20. The molecular weight excluding hydrogens is 228 g/mol. The Balaban J connectivity index is 0.000000136. The Morgan fingerprint density at radius 3 is 2.00 bits per heavy atom. The predicted molar refractivity (Wildman–Crippen MR) is 77.5 cm³/mol. The molecule has 0 radical (unpaired) electrons. The Labute approximate surface area is 109 Å². The van der Waals surface area contributed by atoms with Gasteiger partial charge < -0.3 is 9.21 Å². The molecule has 0 bridgehead atoms. The van der Waals surface area contributed by atoms with Crippen molar-refractivity contribution in [2.75, 3.05) is 30.3 Å². The van der Waals surface area contributed by atoms with E-state index in [1.165, 1.54) is 43.6 Å². The lowest BCUT2D eigenvalue weighted by atomic mass is 10.1. The van der Waals surface area contributed by atoms with Crippen LogP contribution in [0.15, 0.2) is 24.3 Å². The molecule has 3 rings (SSSR count). The lowest BCUT2D eigenvalue weighted by molar-refractivity contribution is 0.277. The molecule has 0 N–H and O–H groups in total. The summed E-state index contributed by atoms with van der Waals surface area (Å²) in [5.41, 5.74) is 2.66. The first-order valence-corrected chi connectivity index (χ1v) is 7.35. The Morgan fingerprint density at radius 2 is 1.59 bits per heavy atom. The van der Waals surface area contributed by atoms with Gasteiger partial charge in [-0.15, -0.1) is 0 Å². The van der Waals surface area contributed by atoms with Crippen molar-refractivity contribution < 1.29 is 0 Å². The van der Waals surface area contributed by atoms with Gasteiger partial charge in [0.2, 0.25) is 0 Å². The molecule has 1 aromatic carbocycles. The second kappa shape index (κ2) is 6.31. The van der Waals surface area contributed by atoms with Crippen molar-refractivity contribution in [1.82, 2.24) is 4.90 Å². The van der Waals surface area contributed by atoms with E-state index in [9.17, 15) is 0 Å². The van der Waals surface area contributed by atoms with Crippen LogP contribution in [0.5, 0.6) is 0 Å². The van der Waals surface area contributed by atoms with Crippen molar-refractivity contribution >= 4 is 17.6 Å². The molecule has 0 amide bonds. The molecule has 2 aliphatic rings. The number of likely N-dealkylation sites (tertiary alicyclic amines) is 1. The average molecular weight is 250 g/mol. The average Bonchev–Trinajstić information content (AvgIpc) is 3.16. The number of piperidine rings is 1. The van der Waals surface area contributed by atoms with E-state index in [1.54, 1.807) is 0 Å². The summed E-state index contributed by atoms with van der Waals surface area (Å²) in [6, 6.07) is 8.62. The summed E-state index contributed by atoms with van der Waals surface area (Å²) < 4.78 is 2.26.